The van der Waals surface area contributed by atoms with Gasteiger partial charge < -0.3 is 19.4 Å². The topological polar surface area (TPSA) is 97.8 Å². The number of nitrogens with zero attached hydrogens (tertiary/aromatic N) is 2. The Morgan fingerprint density at radius 3 is 2.56 bits per heavy atom. The number of hydrogen-bond donors (Lipinski definition) is 1. The molecule has 0 radical (unpaired) electrons. The highest BCUT2D eigenvalue weighted by Gasteiger charge is 2.15. The van der Waals surface area contributed by atoms with Crippen LogP contribution in [0.15, 0.2) is 47.0 Å². The number of hydrogen-bond acceptors (Lipinski definition) is 5. The number of urea groups is 1. The summed E-state index contributed by atoms with van der Waals surface area (Å²) in [7, 11) is 0. The third kappa shape index (κ3) is 4.24. The Hall–Kier alpha value is -3.13. The van der Waals surface area contributed by atoms with E-state index in [0.29, 0.717) is 37.8 Å². The average molecular weight is 343 g/mol. The van der Waals surface area contributed by atoms with Crippen LogP contribution in [0.5, 0.6) is 0 Å². The molecule has 1 aliphatic heterocycles. The van der Waals surface area contributed by atoms with Crippen LogP contribution >= 0.6 is 0 Å². The number of carbonyl (C=O) groups excluding carboxylic acids is 1. The summed E-state index contributed by atoms with van der Waals surface area (Å²) in [4.78, 5) is 23.8. The van der Waals surface area contributed by atoms with Gasteiger partial charge >= 0.3 is 6.03 Å². The first-order valence-corrected chi connectivity index (χ1v) is 7.78. The predicted octanol–water partition coefficient (Wildman–Crippen LogP) is 2.87. The van der Waals surface area contributed by atoms with Crippen molar-refractivity contribution in [3.63, 3.8) is 0 Å². The van der Waals surface area contributed by atoms with Crippen molar-refractivity contribution in [3.8, 4) is 11.3 Å². The number of nitro groups is 1. The summed E-state index contributed by atoms with van der Waals surface area (Å²) in [6.45, 7) is 2.25. The number of benzene rings is 1. The third-order valence-corrected chi connectivity index (χ3v) is 3.74. The molecule has 0 bridgehead atoms. The fourth-order valence-corrected chi connectivity index (χ4v) is 2.40. The van der Waals surface area contributed by atoms with Crippen LogP contribution in [0.25, 0.3) is 17.4 Å². The first kappa shape index (κ1) is 16.7. The van der Waals surface area contributed by atoms with E-state index >= 15 is 0 Å². The summed E-state index contributed by atoms with van der Waals surface area (Å²) < 4.78 is 10.9. The van der Waals surface area contributed by atoms with Crippen molar-refractivity contribution in [2.24, 2.45) is 0 Å². The van der Waals surface area contributed by atoms with E-state index in [0.717, 1.165) is 5.56 Å². The fraction of sp³-hybridized carbons (Fsp3) is 0.235. The minimum atomic E-state index is -0.447. The van der Waals surface area contributed by atoms with Gasteiger partial charge in [0.2, 0.25) is 0 Å². The number of furan rings is 1. The molecule has 2 heterocycles. The molecule has 1 aromatic heterocycles. The van der Waals surface area contributed by atoms with E-state index in [1.54, 1.807) is 35.2 Å². The highest BCUT2D eigenvalue weighted by Crippen LogP contribution is 2.24. The summed E-state index contributed by atoms with van der Waals surface area (Å²) in [5.41, 5.74) is 0.767. The number of rotatable bonds is 4. The lowest BCUT2D eigenvalue weighted by Crippen LogP contribution is -2.44. The highest BCUT2D eigenvalue weighted by molar-refractivity contribution is 5.76. The first-order valence-electron chi connectivity index (χ1n) is 7.78. The van der Waals surface area contributed by atoms with Gasteiger partial charge in [0.05, 0.1) is 18.1 Å². The summed E-state index contributed by atoms with van der Waals surface area (Å²) in [6, 6.07) is 9.46. The Bertz CT molecular complexity index is 776. The monoisotopic (exact) mass is 343 g/mol. The molecule has 1 aliphatic rings. The molecular formula is C17H17N3O5. The second kappa shape index (κ2) is 7.63. The van der Waals surface area contributed by atoms with Crippen LogP contribution < -0.4 is 5.32 Å². The van der Waals surface area contributed by atoms with E-state index in [4.69, 9.17) is 9.15 Å². The molecule has 1 saturated heterocycles. The van der Waals surface area contributed by atoms with Gasteiger partial charge in [-0.25, -0.2) is 4.79 Å². The second-order valence-corrected chi connectivity index (χ2v) is 5.39. The van der Waals surface area contributed by atoms with Crippen LogP contribution in [0.1, 0.15) is 5.76 Å². The van der Waals surface area contributed by atoms with Gasteiger partial charge in [-0.2, -0.15) is 0 Å². The number of nitro benzene ring substituents is 1. The number of ether oxygens (including phenoxy) is 1. The van der Waals surface area contributed by atoms with Gasteiger partial charge in [0.1, 0.15) is 11.5 Å². The maximum atomic E-state index is 11.9. The lowest BCUT2D eigenvalue weighted by Gasteiger charge is -2.26. The first-order chi connectivity index (χ1) is 12.1. The van der Waals surface area contributed by atoms with Crippen LogP contribution in [-0.4, -0.2) is 42.2 Å². The van der Waals surface area contributed by atoms with Gasteiger partial charge in [-0.1, -0.05) is 0 Å². The number of morpholine rings is 1. The Balaban J connectivity index is 1.59. The van der Waals surface area contributed by atoms with Gasteiger partial charge in [-0.05, 0) is 30.3 Å². The molecule has 0 spiro atoms. The highest BCUT2D eigenvalue weighted by atomic mass is 16.6. The number of nitrogens with one attached hydrogen (secondary N) is 1. The zero-order chi connectivity index (χ0) is 17.6. The van der Waals surface area contributed by atoms with Gasteiger partial charge in [0, 0.05) is 37.0 Å². The molecule has 1 N–H and O–H groups in total. The van der Waals surface area contributed by atoms with Gasteiger partial charge in [-0.3, -0.25) is 10.1 Å². The van der Waals surface area contributed by atoms with E-state index in [9.17, 15) is 14.9 Å². The second-order valence-electron chi connectivity index (χ2n) is 5.39. The van der Waals surface area contributed by atoms with Crippen LogP contribution in [-0.2, 0) is 4.74 Å². The Morgan fingerprint density at radius 2 is 1.88 bits per heavy atom. The Kier molecular flexibility index (Phi) is 5.10. The Labute approximate surface area is 143 Å². The number of amides is 2. The summed E-state index contributed by atoms with van der Waals surface area (Å²) in [5.74, 6) is 1.16. The lowest BCUT2D eigenvalue weighted by atomic mass is 10.1. The van der Waals surface area contributed by atoms with E-state index in [2.05, 4.69) is 5.32 Å². The molecule has 8 heteroatoms. The van der Waals surface area contributed by atoms with Crippen LogP contribution in [0.4, 0.5) is 10.5 Å². The molecule has 1 fully saturated rings. The third-order valence-electron chi connectivity index (χ3n) is 3.74. The molecule has 0 saturated carbocycles. The molecule has 8 nitrogen and oxygen atoms in total. The molecule has 2 amide bonds. The molecule has 1 aromatic carbocycles. The molecule has 25 heavy (non-hydrogen) atoms. The summed E-state index contributed by atoms with van der Waals surface area (Å²) in [6.07, 6.45) is 3.17. The van der Waals surface area contributed by atoms with E-state index in [1.165, 1.54) is 18.3 Å². The SMILES string of the molecule is O=C(NC=Cc1ccc(-c2ccc([N+](=O)[O-])cc2)o1)N1CCOCC1. The van der Waals surface area contributed by atoms with Crippen molar-refractivity contribution >= 4 is 17.8 Å². The zero-order valence-electron chi connectivity index (χ0n) is 13.4. The number of carbonyl (C=O) groups is 1. The minimum absolute atomic E-state index is 0.0289. The zero-order valence-corrected chi connectivity index (χ0v) is 13.4. The maximum absolute atomic E-state index is 11.9. The summed E-state index contributed by atoms with van der Waals surface area (Å²) >= 11 is 0. The summed E-state index contributed by atoms with van der Waals surface area (Å²) in [5, 5.41) is 13.4. The van der Waals surface area contributed by atoms with Crippen molar-refractivity contribution < 1.29 is 18.9 Å². The Morgan fingerprint density at radius 1 is 1.16 bits per heavy atom. The maximum Gasteiger partial charge on any atom is 0.321 e. The van der Waals surface area contributed by atoms with E-state index < -0.39 is 4.92 Å². The van der Waals surface area contributed by atoms with Crippen molar-refractivity contribution in [2.75, 3.05) is 26.3 Å². The van der Waals surface area contributed by atoms with Crippen molar-refractivity contribution in [1.29, 1.82) is 0 Å². The quantitative estimate of drug-likeness (QED) is 0.680. The van der Waals surface area contributed by atoms with Gasteiger partial charge in [-0.15, -0.1) is 0 Å². The van der Waals surface area contributed by atoms with E-state index in [1.807, 2.05) is 0 Å². The van der Waals surface area contributed by atoms with Gasteiger partial charge in [0.25, 0.3) is 5.69 Å². The van der Waals surface area contributed by atoms with E-state index in [-0.39, 0.29) is 11.7 Å². The molecule has 0 atom stereocenters. The minimum Gasteiger partial charge on any atom is -0.457 e. The smallest absolute Gasteiger partial charge is 0.321 e. The molecule has 3 rings (SSSR count). The van der Waals surface area contributed by atoms with Gasteiger partial charge in [0.15, 0.2) is 0 Å². The van der Waals surface area contributed by atoms with Crippen molar-refractivity contribution in [3.05, 3.63) is 58.5 Å². The molecular weight excluding hydrogens is 326 g/mol. The average Bonchev–Trinajstić information content (AvgIpc) is 3.11. The van der Waals surface area contributed by atoms with Crippen LogP contribution in [0.3, 0.4) is 0 Å². The van der Waals surface area contributed by atoms with Crippen LogP contribution in [0, 0.1) is 10.1 Å². The largest absolute Gasteiger partial charge is 0.457 e. The van der Waals surface area contributed by atoms with Crippen molar-refractivity contribution in [1.82, 2.24) is 10.2 Å². The lowest BCUT2D eigenvalue weighted by molar-refractivity contribution is -0.384. The normalized spacial score (nSPS) is 14.6. The molecule has 0 aliphatic carbocycles. The molecule has 2 aromatic rings. The number of non-ortho nitro benzene ring substituents is 1. The molecule has 0 unspecified atom stereocenters. The fourth-order valence-electron chi connectivity index (χ4n) is 2.40. The molecule has 130 valence electrons. The van der Waals surface area contributed by atoms with Crippen molar-refractivity contribution in [2.45, 2.75) is 0 Å². The van der Waals surface area contributed by atoms with Crippen LogP contribution in [0.2, 0.25) is 0 Å². The predicted molar refractivity (Wildman–Crippen MR) is 90.8 cm³/mol. The standard InChI is InChI=1S/C17H17N3O5/c21-17(19-9-11-24-12-10-19)18-8-7-15-5-6-16(25-15)13-1-3-14(4-2-13)20(22)23/h1-8H,9-12H2,(H,18,21).